The second-order valence-corrected chi connectivity index (χ2v) is 11.8. The van der Waals surface area contributed by atoms with Crippen molar-refractivity contribution in [2.75, 3.05) is 26.2 Å². The summed E-state index contributed by atoms with van der Waals surface area (Å²) in [6, 6.07) is 5.96. The fourth-order valence-corrected chi connectivity index (χ4v) is 7.02. The number of likely N-dealkylation sites (tertiary alicyclic amines) is 2. The number of hydrogen-bond acceptors (Lipinski definition) is 4. The molecule has 1 aromatic heterocycles. The first-order valence-electron chi connectivity index (χ1n) is 13.9. The van der Waals surface area contributed by atoms with Gasteiger partial charge in [-0.25, -0.2) is 4.39 Å². The smallest absolute Gasteiger partial charge is 0.274 e. The first kappa shape index (κ1) is 24.6. The lowest BCUT2D eigenvalue weighted by molar-refractivity contribution is -0.134. The molecule has 7 nitrogen and oxygen atoms in total. The largest absolute Gasteiger partial charge is 0.341 e. The van der Waals surface area contributed by atoms with Gasteiger partial charge in [0.05, 0.1) is 0 Å². The molecule has 2 saturated heterocycles. The van der Waals surface area contributed by atoms with Crippen LogP contribution in [0.4, 0.5) is 4.39 Å². The van der Waals surface area contributed by atoms with Crippen molar-refractivity contribution in [2.24, 2.45) is 17.6 Å². The van der Waals surface area contributed by atoms with E-state index >= 15 is 4.39 Å². The van der Waals surface area contributed by atoms with Crippen LogP contribution in [0.3, 0.4) is 0 Å². The quantitative estimate of drug-likeness (QED) is 0.687. The molecule has 0 spiro atoms. The van der Waals surface area contributed by atoms with Gasteiger partial charge in [0.2, 0.25) is 5.91 Å². The molecule has 3 fully saturated rings. The lowest BCUT2D eigenvalue weighted by Gasteiger charge is -2.37. The molecule has 3 heterocycles. The fourth-order valence-electron chi connectivity index (χ4n) is 7.02. The zero-order valence-electron chi connectivity index (χ0n) is 22.2. The molecule has 2 amide bonds. The van der Waals surface area contributed by atoms with Crippen LogP contribution in [0, 0.1) is 25.7 Å². The van der Waals surface area contributed by atoms with E-state index in [0.29, 0.717) is 62.5 Å². The van der Waals surface area contributed by atoms with Gasteiger partial charge in [0, 0.05) is 56.3 Å². The van der Waals surface area contributed by atoms with E-state index < -0.39 is 5.67 Å². The van der Waals surface area contributed by atoms with Crippen LogP contribution in [0.25, 0.3) is 0 Å². The summed E-state index contributed by atoms with van der Waals surface area (Å²) in [7, 11) is 0. The standard InChI is InChI=1S/C29H38FN5O2/c1-17-5-4-6-22(18(17)2)29(30)9-13-33(14-10-29)24(36)16-35-23-15-21-19(3)25(21)26(23)27(32-35)28(37)34-11-7-20(31)8-12-34/h4-6,19-21,25H,7-16,31H2,1-3H3. The van der Waals surface area contributed by atoms with Crippen molar-refractivity contribution >= 4 is 11.8 Å². The average molecular weight is 508 g/mol. The highest BCUT2D eigenvalue weighted by Crippen LogP contribution is 2.62. The van der Waals surface area contributed by atoms with E-state index in [1.165, 1.54) is 0 Å². The fraction of sp³-hybridized carbons (Fsp3) is 0.621. The predicted octanol–water partition coefficient (Wildman–Crippen LogP) is 3.46. The summed E-state index contributed by atoms with van der Waals surface area (Å²) in [5, 5.41) is 4.74. The molecule has 2 N–H and O–H groups in total. The van der Waals surface area contributed by atoms with Gasteiger partial charge in [-0.3, -0.25) is 14.3 Å². The molecule has 0 radical (unpaired) electrons. The first-order valence-corrected chi connectivity index (χ1v) is 13.9. The Morgan fingerprint density at radius 3 is 2.51 bits per heavy atom. The number of aromatic nitrogens is 2. The number of fused-ring (bicyclic) bond motifs is 3. The normalized spacial score (nSPS) is 26.7. The van der Waals surface area contributed by atoms with Crippen molar-refractivity contribution in [3.8, 4) is 0 Å². The van der Waals surface area contributed by atoms with Gasteiger partial charge >= 0.3 is 0 Å². The Bertz CT molecular complexity index is 1240. The van der Waals surface area contributed by atoms with E-state index in [1.54, 1.807) is 9.58 Å². The van der Waals surface area contributed by atoms with Crippen LogP contribution in [-0.2, 0) is 23.4 Å². The van der Waals surface area contributed by atoms with Gasteiger partial charge in [-0.15, -0.1) is 0 Å². The van der Waals surface area contributed by atoms with Gasteiger partial charge in [-0.1, -0.05) is 25.1 Å². The number of benzene rings is 1. The molecule has 198 valence electrons. The summed E-state index contributed by atoms with van der Waals surface area (Å²) in [6.07, 6.45) is 3.08. The zero-order valence-corrected chi connectivity index (χ0v) is 22.2. The average Bonchev–Trinajstić information content (AvgIpc) is 3.18. The molecule has 2 aromatic rings. The van der Waals surface area contributed by atoms with E-state index in [-0.39, 0.29) is 24.4 Å². The maximum Gasteiger partial charge on any atom is 0.274 e. The van der Waals surface area contributed by atoms with E-state index in [4.69, 9.17) is 10.8 Å². The van der Waals surface area contributed by atoms with Gasteiger partial charge in [0.25, 0.3) is 5.91 Å². The molecule has 0 bridgehead atoms. The Hall–Kier alpha value is -2.74. The van der Waals surface area contributed by atoms with Gasteiger partial charge in [-0.2, -0.15) is 5.10 Å². The summed E-state index contributed by atoms with van der Waals surface area (Å²) in [4.78, 5) is 30.4. The number of amides is 2. The molecule has 3 atom stereocenters. The van der Waals surface area contributed by atoms with Crippen LogP contribution >= 0.6 is 0 Å². The maximum absolute atomic E-state index is 16.0. The third-order valence-electron chi connectivity index (χ3n) is 9.73. The topological polar surface area (TPSA) is 84.5 Å². The number of carbonyl (C=O) groups is 2. The minimum atomic E-state index is -1.41. The minimum Gasteiger partial charge on any atom is -0.341 e. The Morgan fingerprint density at radius 2 is 1.81 bits per heavy atom. The summed E-state index contributed by atoms with van der Waals surface area (Å²) in [5.41, 5.74) is 10.1. The van der Waals surface area contributed by atoms with Crippen LogP contribution in [0.15, 0.2) is 18.2 Å². The van der Waals surface area contributed by atoms with Crippen LogP contribution < -0.4 is 5.73 Å². The van der Waals surface area contributed by atoms with Gasteiger partial charge < -0.3 is 15.5 Å². The summed E-state index contributed by atoms with van der Waals surface area (Å²) >= 11 is 0. The Balaban J connectivity index is 1.17. The van der Waals surface area contributed by atoms with Crippen LogP contribution in [-0.4, -0.2) is 63.6 Å². The Labute approximate surface area is 218 Å². The molecule has 37 heavy (non-hydrogen) atoms. The lowest BCUT2D eigenvalue weighted by atomic mass is 9.82. The molecule has 1 saturated carbocycles. The maximum atomic E-state index is 16.0. The molecular weight excluding hydrogens is 469 g/mol. The lowest BCUT2D eigenvalue weighted by Crippen LogP contribution is -2.45. The first-order chi connectivity index (χ1) is 17.7. The highest BCUT2D eigenvalue weighted by atomic mass is 19.1. The monoisotopic (exact) mass is 507 g/mol. The summed E-state index contributed by atoms with van der Waals surface area (Å²) in [5.74, 6) is 1.42. The van der Waals surface area contributed by atoms with E-state index in [2.05, 4.69) is 6.92 Å². The van der Waals surface area contributed by atoms with E-state index in [9.17, 15) is 9.59 Å². The van der Waals surface area contributed by atoms with Crippen molar-refractivity contribution in [2.45, 2.75) is 77.0 Å². The molecule has 6 rings (SSSR count). The number of nitrogens with zero attached hydrogens (tertiary/aromatic N) is 4. The number of alkyl halides is 1. The number of aryl methyl sites for hydroxylation is 1. The molecule has 2 aliphatic carbocycles. The van der Waals surface area contributed by atoms with Crippen LogP contribution in [0.1, 0.15) is 77.0 Å². The Kier molecular flexibility index (Phi) is 5.93. The van der Waals surface area contributed by atoms with Crippen molar-refractivity contribution in [1.82, 2.24) is 19.6 Å². The van der Waals surface area contributed by atoms with Crippen molar-refractivity contribution in [1.29, 1.82) is 0 Å². The number of piperidine rings is 2. The van der Waals surface area contributed by atoms with E-state index in [1.807, 2.05) is 36.9 Å². The third kappa shape index (κ3) is 4.08. The molecule has 1 aromatic carbocycles. The predicted molar refractivity (Wildman–Crippen MR) is 139 cm³/mol. The van der Waals surface area contributed by atoms with Gasteiger partial charge in [0.1, 0.15) is 12.2 Å². The second kappa shape index (κ2) is 8.93. The summed E-state index contributed by atoms with van der Waals surface area (Å²) in [6.45, 7) is 8.41. The van der Waals surface area contributed by atoms with E-state index in [0.717, 1.165) is 47.2 Å². The minimum absolute atomic E-state index is 0.0252. The van der Waals surface area contributed by atoms with Crippen molar-refractivity contribution < 1.29 is 14.0 Å². The number of halogens is 1. The van der Waals surface area contributed by atoms with Crippen LogP contribution in [0.2, 0.25) is 0 Å². The highest BCUT2D eigenvalue weighted by molar-refractivity contribution is 5.95. The SMILES string of the molecule is Cc1cccc(C2(F)CCN(C(=O)Cn3nc(C(=O)N4CCC(N)CC4)c4c3CC3C(C)C43)CC2)c1C. The third-order valence-corrected chi connectivity index (χ3v) is 9.73. The number of hydrogen-bond donors (Lipinski definition) is 1. The number of carbonyl (C=O) groups excluding carboxylic acids is 2. The molecule has 4 aliphatic rings. The zero-order chi connectivity index (χ0) is 26.1. The molecule has 3 unspecified atom stereocenters. The Morgan fingerprint density at radius 1 is 1.11 bits per heavy atom. The van der Waals surface area contributed by atoms with Gasteiger partial charge in [-0.05, 0) is 67.6 Å². The molecule has 8 heteroatoms. The molecule has 2 aliphatic heterocycles. The highest BCUT2D eigenvalue weighted by Gasteiger charge is 2.56. The van der Waals surface area contributed by atoms with Gasteiger partial charge in [0.15, 0.2) is 5.69 Å². The van der Waals surface area contributed by atoms with Crippen molar-refractivity contribution in [3.05, 3.63) is 51.8 Å². The van der Waals surface area contributed by atoms with Crippen molar-refractivity contribution in [3.63, 3.8) is 0 Å². The molecular formula is C29H38FN5O2. The van der Waals surface area contributed by atoms with Crippen LogP contribution in [0.5, 0.6) is 0 Å². The second-order valence-electron chi connectivity index (χ2n) is 11.8. The summed E-state index contributed by atoms with van der Waals surface area (Å²) < 4.78 is 17.7. The number of nitrogens with two attached hydrogens (primary N) is 1. The number of rotatable bonds is 4.